The van der Waals surface area contributed by atoms with Crippen LogP contribution in [0, 0.1) is 0 Å². The van der Waals surface area contributed by atoms with Gasteiger partial charge in [-0.3, -0.25) is 9.78 Å². The Morgan fingerprint density at radius 1 is 1.40 bits per heavy atom. The Labute approximate surface area is 149 Å². The van der Waals surface area contributed by atoms with Gasteiger partial charge in [0.25, 0.3) is 5.88 Å². The summed E-state index contributed by atoms with van der Waals surface area (Å²) >= 11 is 1.64. The zero-order valence-electron chi connectivity index (χ0n) is 13.8. The van der Waals surface area contributed by atoms with Crippen LogP contribution in [0.25, 0.3) is 0 Å². The number of aryl methyl sites for hydroxylation is 1. The Bertz CT molecular complexity index is 787. The second-order valence-corrected chi connectivity index (χ2v) is 6.33. The van der Waals surface area contributed by atoms with Gasteiger partial charge in [-0.05, 0) is 46.1 Å². The maximum Gasteiger partial charge on any atom is 0.254 e. The third kappa shape index (κ3) is 4.90. The number of carbonyl (C=O) groups is 1. The number of rotatable bonds is 8. The van der Waals surface area contributed by atoms with E-state index in [0.29, 0.717) is 30.9 Å². The van der Waals surface area contributed by atoms with Gasteiger partial charge in [0.15, 0.2) is 0 Å². The summed E-state index contributed by atoms with van der Waals surface area (Å²) in [5.41, 5.74) is 2.03. The van der Waals surface area contributed by atoms with Crippen LogP contribution in [-0.4, -0.2) is 23.2 Å². The van der Waals surface area contributed by atoms with E-state index in [9.17, 15) is 4.79 Å². The first-order valence-electron chi connectivity index (χ1n) is 7.95. The van der Waals surface area contributed by atoms with Crippen LogP contribution < -0.4 is 10.1 Å². The predicted octanol–water partition coefficient (Wildman–Crippen LogP) is 3.17. The van der Waals surface area contributed by atoms with Crippen LogP contribution in [0.3, 0.4) is 0 Å². The normalized spacial score (nSPS) is 11.9. The molecular formula is C18H19N3O3S. The van der Waals surface area contributed by atoms with Crippen LogP contribution in [-0.2, 0) is 17.6 Å². The lowest BCUT2D eigenvalue weighted by Gasteiger charge is -2.17. The lowest BCUT2D eigenvalue weighted by atomic mass is 10.0. The lowest BCUT2D eigenvalue weighted by Crippen LogP contribution is -2.30. The van der Waals surface area contributed by atoms with Crippen LogP contribution in [0.4, 0.5) is 0 Å². The topological polar surface area (TPSA) is 77.2 Å². The largest absolute Gasteiger partial charge is 0.479 e. The Kier molecular flexibility index (Phi) is 5.79. The lowest BCUT2D eigenvalue weighted by molar-refractivity contribution is -0.121. The highest BCUT2D eigenvalue weighted by Gasteiger charge is 2.17. The van der Waals surface area contributed by atoms with Crippen molar-refractivity contribution >= 4 is 17.2 Å². The summed E-state index contributed by atoms with van der Waals surface area (Å²) in [4.78, 5) is 16.8. The molecule has 1 amide bonds. The summed E-state index contributed by atoms with van der Waals surface area (Å²) in [6.07, 6.45) is 3.23. The van der Waals surface area contributed by atoms with Crippen molar-refractivity contribution in [1.82, 2.24) is 15.5 Å². The minimum Gasteiger partial charge on any atom is -0.479 e. The van der Waals surface area contributed by atoms with Gasteiger partial charge >= 0.3 is 0 Å². The average Bonchev–Trinajstić information content (AvgIpc) is 3.32. The monoisotopic (exact) mass is 357 g/mol. The van der Waals surface area contributed by atoms with E-state index in [1.807, 2.05) is 23.6 Å². The molecule has 130 valence electrons. The highest BCUT2D eigenvalue weighted by Crippen LogP contribution is 2.19. The van der Waals surface area contributed by atoms with E-state index in [-0.39, 0.29) is 11.9 Å². The Hall–Kier alpha value is -2.67. The van der Waals surface area contributed by atoms with Crippen molar-refractivity contribution < 1.29 is 14.1 Å². The van der Waals surface area contributed by atoms with Crippen LogP contribution in [0.5, 0.6) is 5.88 Å². The molecule has 3 aromatic heterocycles. The Balaban J connectivity index is 1.61. The first-order chi connectivity index (χ1) is 12.2. The fourth-order valence-electron chi connectivity index (χ4n) is 2.47. The van der Waals surface area contributed by atoms with E-state index in [1.54, 1.807) is 23.6 Å². The quantitative estimate of drug-likeness (QED) is 0.670. The van der Waals surface area contributed by atoms with Crippen LogP contribution in [0.15, 0.2) is 51.8 Å². The first-order valence-corrected chi connectivity index (χ1v) is 8.90. The van der Waals surface area contributed by atoms with Crippen molar-refractivity contribution in [2.24, 2.45) is 0 Å². The summed E-state index contributed by atoms with van der Waals surface area (Å²) in [6.45, 7) is 0. The molecule has 0 unspecified atom stereocenters. The highest BCUT2D eigenvalue weighted by molar-refractivity contribution is 7.07. The smallest absolute Gasteiger partial charge is 0.254 e. The minimum absolute atomic E-state index is 0.0544. The van der Waals surface area contributed by atoms with Crippen LogP contribution >= 0.6 is 11.3 Å². The van der Waals surface area contributed by atoms with Crippen LogP contribution in [0.1, 0.15) is 29.5 Å². The maximum atomic E-state index is 12.4. The standard InChI is InChI=1S/C18H19N3O3S/c1-23-18-11-14(24-21-18)5-6-17(22)20-16(10-13-7-9-25-12-13)15-4-2-3-8-19-15/h2-4,7-9,11-12,16H,5-6,10H2,1H3,(H,20,22)/t16-/m0/s1. The third-order valence-electron chi connectivity index (χ3n) is 3.74. The molecule has 6 nitrogen and oxygen atoms in total. The molecule has 0 aliphatic carbocycles. The molecule has 1 atom stereocenters. The number of aromatic nitrogens is 2. The second kappa shape index (κ2) is 8.43. The predicted molar refractivity (Wildman–Crippen MR) is 94.5 cm³/mol. The second-order valence-electron chi connectivity index (χ2n) is 5.55. The summed E-state index contributed by atoms with van der Waals surface area (Å²) < 4.78 is 10.1. The number of nitrogens with zero attached hydrogens (tertiary/aromatic N) is 2. The van der Waals surface area contributed by atoms with Gasteiger partial charge < -0.3 is 14.6 Å². The molecule has 7 heteroatoms. The van der Waals surface area contributed by atoms with E-state index in [4.69, 9.17) is 9.26 Å². The van der Waals surface area contributed by atoms with Crippen molar-refractivity contribution in [3.8, 4) is 5.88 Å². The summed E-state index contributed by atoms with van der Waals surface area (Å²) in [7, 11) is 1.52. The van der Waals surface area contributed by atoms with Crippen molar-refractivity contribution in [1.29, 1.82) is 0 Å². The van der Waals surface area contributed by atoms with E-state index in [2.05, 4.69) is 26.9 Å². The highest BCUT2D eigenvalue weighted by atomic mass is 32.1. The molecule has 3 rings (SSSR count). The number of carbonyl (C=O) groups excluding carboxylic acids is 1. The summed E-state index contributed by atoms with van der Waals surface area (Å²) in [6, 6.07) is 9.31. The number of nitrogens with one attached hydrogen (secondary N) is 1. The van der Waals surface area contributed by atoms with Crippen molar-refractivity contribution in [2.45, 2.75) is 25.3 Å². The van der Waals surface area contributed by atoms with Gasteiger partial charge in [-0.25, -0.2) is 0 Å². The molecule has 0 saturated carbocycles. The molecule has 0 saturated heterocycles. The number of methoxy groups -OCH3 is 1. The number of amides is 1. The molecule has 0 spiro atoms. The number of pyridine rings is 1. The van der Waals surface area contributed by atoms with Gasteiger partial charge in [0, 0.05) is 25.1 Å². The Morgan fingerprint density at radius 2 is 2.32 bits per heavy atom. The molecule has 0 bridgehead atoms. The minimum atomic E-state index is -0.160. The third-order valence-corrected chi connectivity index (χ3v) is 4.48. The fourth-order valence-corrected chi connectivity index (χ4v) is 3.15. The zero-order chi connectivity index (χ0) is 17.5. The van der Waals surface area contributed by atoms with Gasteiger partial charge in [0.05, 0.1) is 18.8 Å². The van der Waals surface area contributed by atoms with Gasteiger partial charge in [0.2, 0.25) is 5.91 Å². The van der Waals surface area contributed by atoms with E-state index >= 15 is 0 Å². The number of hydrogen-bond acceptors (Lipinski definition) is 6. The number of hydrogen-bond donors (Lipinski definition) is 1. The molecular weight excluding hydrogens is 338 g/mol. The van der Waals surface area contributed by atoms with Gasteiger partial charge in [-0.15, -0.1) is 0 Å². The van der Waals surface area contributed by atoms with Gasteiger partial charge in [-0.1, -0.05) is 6.07 Å². The van der Waals surface area contributed by atoms with E-state index < -0.39 is 0 Å². The zero-order valence-corrected chi connectivity index (χ0v) is 14.7. The van der Waals surface area contributed by atoms with Gasteiger partial charge in [-0.2, -0.15) is 11.3 Å². The number of ether oxygens (including phenoxy) is 1. The SMILES string of the molecule is COc1cc(CCC(=O)N[C@@H](Cc2ccsc2)c2ccccn2)on1. The molecule has 0 aromatic carbocycles. The average molecular weight is 357 g/mol. The molecule has 3 aromatic rings. The van der Waals surface area contributed by atoms with E-state index in [0.717, 1.165) is 5.69 Å². The molecule has 25 heavy (non-hydrogen) atoms. The van der Waals surface area contributed by atoms with Crippen molar-refractivity contribution in [3.05, 3.63) is 64.3 Å². The molecule has 0 aliphatic rings. The number of thiophene rings is 1. The molecule has 1 N–H and O–H groups in total. The molecule has 3 heterocycles. The molecule has 0 radical (unpaired) electrons. The van der Waals surface area contributed by atoms with Crippen LogP contribution in [0.2, 0.25) is 0 Å². The van der Waals surface area contributed by atoms with Crippen molar-refractivity contribution in [3.63, 3.8) is 0 Å². The summed E-state index contributed by atoms with van der Waals surface area (Å²) in [5.74, 6) is 0.986. The van der Waals surface area contributed by atoms with Crippen molar-refractivity contribution in [2.75, 3.05) is 7.11 Å². The summed E-state index contributed by atoms with van der Waals surface area (Å²) in [5, 5.41) is 10.9. The van der Waals surface area contributed by atoms with E-state index in [1.165, 1.54) is 12.7 Å². The maximum absolute atomic E-state index is 12.4. The first kappa shape index (κ1) is 17.2. The fraction of sp³-hybridized carbons (Fsp3) is 0.278. The van der Waals surface area contributed by atoms with Gasteiger partial charge in [0.1, 0.15) is 5.76 Å². The Morgan fingerprint density at radius 3 is 3.00 bits per heavy atom. The molecule has 0 aliphatic heterocycles. The molecule has 0 fully saturated rings.